The van der Waals surface area contributed by atoms with Crippen LogP contribution in [0.2, 0.25) is 0 Å². The monoisotopic (exact) mass is 508 g/mol. The summed E-state index contributed by atoms with van der Waals surface area (Å²) in [6.07, 6.45) is 6.33. The Morgan fingerprint density at radius 1 is 0.921 bits per heavy atom. The van der Waals surface area contributed by atoms with E-state index in [2.05, 4.69) is 32.6 Å². The van der Waals surface area contributed by atoms with Gasteiger partial charge in [-0.2, -0.15) is 10.4 Å². The average Bonchev–Trinajstić information content (AvgIpc) is 3.39. The van der Waals surface area contributed by atoms with Gasteiger partial charge in [0.15, 0.2) is 11.5 Å². The smallest absolute Gasteiger partial charge is 0.164 e. The average molecular weight is 509 g/mol. The van der Waals surface area contributed by atoms with Crippen LogP contribution in [-0.4, -0.2) is 68.8 Å². The highest BCUT2D eigenvalue weighted by atomic mass is 16.5. The van der Waals surface area contributed by atoms with Gasteiger partial charge in [0.2, 0.25) is 0 Å². The third-order valence-electron chi connectivity index (χ3n) is 7.90. The molecule has 1 saturated carbocycles. The van der Waals surface area contributed by atoms with Crippen LogP contribution in [0, 0.1) is 11.3 Å². The summed E-state index contributed by atoms with van der Waals surface area (Å²) >= 11 is 0. The zero-order chi connectivity index (χ0) is 26.1. The second-order valence-corrected chi connectivity index (χ2v) is 10.3. The summed E-state index contributed by atoms with van der Waals surface area (Å²) in [5.41, 5.74) is 8.48. The fraction of sp³-hybridized carbons (Fsp3) is 0.379. The van der Waals surface area contributed by atoms with Crippen molar-refractivity contribution < 1.29 is 4.74 Å². The Bertz CT molecular complexity index is 1460. The van der Waals surface area contributed by atoms with Crippen LogP contribution >= 0.6 is 0 Å². The molecule has 1 saturated heterocycles. The third kappa shape index (κ3) is 4.80. The van der Waals surface area contributed by atoms with Crippen molar-refractivity contribution in [3.63, 3.8) is 0 Å². The zero-order valence-electron chi connectivity index (χ0n) is 21.6. The summed E-state index contributed by atoms with van der Waals surface area (Å²) in [4.78, 5) is 14.6. The maximum Gasteiger partial charge on any atom is 0.164 e. The number of nitrogens with zero attached hydrogens (tertiary/aromatic N) is 7. The highest BCUT2D eigenvalue weighted by Gasteiger charge is 2.29. The summed E-state index contributed by atoms with van der Waals surface area (Å²) < 4.78 is 7.98. The van der Waals surface area contributed by atoms with E-state index in [-0.39, 0.29) is 0 Å². The number of nitrogens with two attached hydrogens (primary N) is 1. The first-order valence-electron chi connectivity index (χ1n) is 13.3. The fourth-order valence-corrected chi connectivity index (χ4v) is 5.65. The fourth-order valence-electron chi connectivity index (χ4n) is 5.65. The minimum atomic E-state index is 0.314. The maximum absolute atomic E-state index is 9.31. The second kappa shape index (κ2) is 10.4. The van der Waals surface area contributed by atoms with Crippen LogP contribution in [0.3, 0.4) is 0 Å². The highest BCUT2D eigenvalue weighted by molar-refractivity contribution is 5.87. The summed E-state index contributed by atoms with van der Waals surface area (Å²) in [5.74, 6) is 2.15. The topological polar surface area (TPSA) is 109 Å². The number of piperazine rings is 1. The molecule has 0 spiro atoms. The van der Waals surface area contributed by atoms with Crippen molar-refractivity contribution in [2.75, 3.05) is 39.0 Å². The van der Waals surface area contributed by atoms with Gasteiger partial charge in [-0.1, -0.05) is 12.1 Å². The van der Waals surface area contributed by atoms with E-state index in [9.17, 15) is 5.26 Å². The van der Waals surface area contributed by atoms with Gasteiger partial charge in [0, 0.05) is 37.8 Å². The Kier molecular flexibility index (Phi) is 6.66. The number of fused-ring (bicyclic) bond motifs is 1. The highest BCUT2D eigenvalue weighted by Crippen LogP contribution is 2.34. The molecular formula is C29H32N8O. The molecule has 0 amide bonds. The van der Waals surface area contributed by atoms with E-state index >= 15 is 0 Å². The number of nitriles is 1. The maximum atomic E-state index is 9.31. The number of hydrogen-bond acceptors (Lipinski definition) is 8. The first-order valence-corrected chi connectivity index (χ1v) is 13.3. The second-order valence-electron chi connectivity index (χ2n) is 10.3. The SMILES string of the molecule is CN1CCN(C2CCC(n3ncc4c(N)nc(-c5ccc(Oc6ccccc6C#N)cc5)nc43)CC2)CC1. The van der Waals surface area contributed by atoms with Gasteiger partial charge in [-0.25, -0.2) is 14.6 Å². The van der Waals surface area contributed by atoms with Crippen molar-refractivity contribution in [3.05, 3.63) is 60.3 Å². The Labute approximate surface area is 222 Å². The van der Waals surface area contributed by atoms with Crippen LogP contribution in [0.1, 0.15) is 37.3 Å². The van der Waals surface area contributed by atoms with Gasteiger partial charge in [-0.3, -0.25) is 4.90 Å². The van der Waals surface area contributed by atoms with Crippen molar-refractivity contribution in [2.45, 2.75) is 37.8 Å². The number of para-hydroxylation sites is 1. The molecule has 2 aromatic carbocycles. The summed E-state index contributed by atoms with van der Waals surface area (Å²) in [6.45, 7) is 4.64. The molecule has 2 aliphatic rings. The van der Waals surface area contributed by atoms with Gasteiger partial charge < -0.3 is 15.4 Å². The van der Waals surface area contributed by atoms with E-state index < -0.39 is 0 Å². The van der Waals surface area contributed by atoms with Crippen LogP contribution < -0.4 is 10.5 Å². The number of aromatic nitrogens is 4. The zero-order valence-corrected chi connectivity index (χ0v) is 21.6. The lowest BCUT2D eigenvalue weighted by atomic mass is 9.90. The number of likely N-dealkylation sites (N-methyl/N-ethyl adjacent to an activating group) is 1. The van der Waals surface area contributed by atoms with Gasteiger partial charge >= 0.3 is 0 Å². The molecule has 6 rings (SSSR count). The molecule has 0 bridgehead atoms. The predicted molar refractivity (Wildman–Crippen MR) is 147 cm³/mol. The van der Waals surface area contributed by atoms with Crippen molar-refractivity contribution in [2.24, 2.45) is 0 Å². The van der Waals surface area contributed by atoms with E-state index in [0.29, 0.717) is 40.8 Å². The van der Waals surface area contributed by atoms with Crippen molar-refractivity contribution in [1.82, 2.24) is 29.5 Å². The lowest BCUT2D eigenvalue weighted by Gasteiger charge is -2.41. The van der Waals surface area contributed by atoms with Gasteiger partial charge in [0.1, 0.15) is 23.4 Å². The van der Waals surface area contributed by atoms with Gasteiger partial charge in [-0.15, -0.1) is 0 Å². The number of hydrogen-bond donors (Lipinski definition) is 1. The Morgan fingerprint density at radius 2 is 1.63 bits per heavy atom. The van der Waals surface area contributed by atoms with Crippen LogP contribution in [-0.2, 0) is 0 Å². The third-order valence-corrected chi connectivity index (χ3v) is 7.90. The van der Waals surface area contributed by atoms with Crippen LogP contribution in [0.25, 0.3) is 22.4 Å². The first-order chi connectivity index (χ1) is 18.6. The normalized spacial score (nSPS) is 20.8. The molecule has 9 heteroatoms. The molecule has 2 N–H and O–H groups in total. The summed E-state index contributed by atoms with van der Waals surface area (Å²) in [7, 11) is 2.21. The predicted octanol–water partition coefficient (Wildman–Crippen LogP) is 4.47. The van der Waals surface area contributed by atoms with Crippen molar-refractivity contribution in [1.29, 1.82) is 5.26 Å². The van der Waals surface area contributed by atoms with E-state index in [4.69, 9.17) is 20.6 Å². The lowest BCUT2D eigenvalue weighted by molar-refractivity contribution is 0.0815. The molecule has 3 heterocycles. The molecule has 194 valence electrons. The standard InChI is InChI=1S/C29H32N8O/c1-35-14-16-36(17-15-35)22-8-10-23(11-9-22)37-29-25(19-32-37)27(31)33-28(34-29)20-6-12-24(13-7-20)38-26-5-3-2-4-21(26)18-30/h2-7,12-13,19,22-23H,8-11,14-17H2,1H3,(H2,31,33,34). The largest absolute Gasteiger partial charge is 0.456 e. The minimum absolute atomic E-state index is 0.314. The number of nitrogen functional groups attached to an aromatic ring is 1. The molecule has 0 radical (unpaired) electrons. The number of anilines is 1. The summed E-state index contributed by atoms with van der Waals surface area (Å²) in [6, 6.07) is 17.8. The first kappa shape index (κ1) is 24.3. The van der Waals surface area contributed by atoms with E-state index in [1.807, 2.05) is 36.4 Å². The van der Waals surface area contributed by atoms with Gasteiger partial charge in [0.25, 0.3) is 0 Å². The van der Waals surface area contributed by atoms with Crippen LogP contribution in [0.15, 0.2) is 54.7 Å². The number of benzene rings is 2. The molecule has 38 heavy (non-hydrogen) atoms. The molecule has 4 aromatic rings. The van der Waals surface area contributed by atoms with E-state index in [1.165, 1.54) is 12.8 Å². The number of rotatable bonds is 5. The molecule has 0 unspecified atom stereocenters. The Balaban J connectivity index is 1.19. The van der Waals surface area contributed by atoms with E-state index in [0.717, 1.165) is 55.6 Å². The van der Waals surface area contributed by atoms with Crippen LogP contribution in [0.5, 0.6) is 11.5 Å². The molecule has 1 aliphatic heterocycles. The van der Waals surface area contributed by atoms with E-state index in [1.54, 1.807) is 18.3 Å². The van der Waals surface area contributed by atoms with Gasteiger partial charge in [-0.05, 0) is 69.1 Å². The molecule has 9 nitrogen and oxygen atoms in total. The van der Waals surface area contributed by atoms with Crippen molar-refractivity contribution >= 4 is 16.9 Å². The minimum Gasteiger partial charge on any atom is -0.456 e. The molecule has 2 aromatic heterocycles. The quantitative estimate of drug-likeness (QED) is 0.421. The molecule has 2 fully saturated rings. The van der Waals surface area contributed by atoms with Gasteiger partial charge in [0.05, 0.1) is 23.2 Å². The molecule has 0 atom stereocenters. The number of ether oxygens (including phenoxy) is 1. The molecule has 1 aliphatic carbocycles. The Hall–Kier alpha value is -4.00. The summed E-state index contributed by atoms with van der Waals surface area (Å²) in [5, 5.41) is 14.8. The van der Waals surface area contributed by atoms with Crippen LogP contribution in [0.4, 0.5) is 5.82 Å². The Morgan fingerprint density at radius 3 is 2.37 bits per heavy atom. The van der Waals surface area contributed by atoms with Crippen molar-refractivity contribution in [3.8, 4) is 29.0 Å². The lowest BCUT2D eigenvalue weighted by Crippen LogP contribution is -2.49. The molecular weight excluding hydrogens is 476 g/mol.